The molecule has 0 bridgehead atoms. The molecule has 1 saturated heterocycles. The molecule has 0 aromatic heterocycles. The lowest BCUT2D eigenvalue weighted by Crippen LogP contribution is -2.44. The Morgan fingerprint density at radius 2 is 2.31 bits per heavy atom. The van der Waals surface area contributed by atoms with Crippen LogP contribution in [0.3, 0.4) is 0 Å². The fraction of sp³-hybridized carbons (Fsp3) is 0.538. The maximum Gasteiger partial charge on any atom is 0.0502 e. The van der Waals surface area contributed by atoms with Crippen LogP contribution in [0.15, 0.2) is 24.3 Å². The van der Waals surface area contributed by atoms with E-state index >= 15 is 0 Å². The minimum atomic E-state index is 0.00291. The van der Waals surface area contributed by atoms with Crippen molar-refractivity contribution in [2.24, 2.45) is 5.41 Å². The number of hydrogen-bond donors (Lipinski definition) is 2. The molecule has 0 amide bonds. The molecule has 3 heteroatoms. The molecule has 0 unspecified atom stereocenters. The zero-order valence-corrected chi connectivity index (χ0v) is 10.1. The Bertz CT molecular complexity index is 348. The molecule has 16 heavy (non-hydrogen) atoms. The Morgan fingerprint density at radius 3 is 2.94 bits per heavy atom. The highest BCUT2D eigenvalue weighted by molar-refractivity contribution is 6.30. The fourth-order valence-electron chi connectivity index (χ4n) is 2.45. The van der Waals surface area contributed by atoms with Crippen molar-refractivity contribution < 1.29 is 5.11 Å². The quantitative estimate of drug-likeness (QED) is 0.848. The van der Waals surface area contributed by atoms with Gasteiger partial charge in [-0.2, -0.15) is 0 Å². The van der Waals surface area contributed by atoms with Crippen LogP contribution in [-0.2, 0) is 6.42 Å². The van der Waals surface area contributed by atoms with E-state index < -0.39 is 0 Å². The van der Waals surface area contributed by atoms with Gasteiger partial charge in [0.25, 0.3) is 0 Å². The van der Waals surface area contributed by atoms with Gasteiger partial charge < -0.3 is 10.4 Å². The summed E-state index contributed by atoms with van der Waals surface area (Å²) >= 11 is 5.97. The molecular weight excluding hydrogens is 222 g/mol. The Kier molecular flexibility index (Phi) is 3.85. The predicted octanol–water partition coefficient (Wildman–Crippen LogP) is 2.24. The molecule has 0 spiro atoms. The first-order valence-corrected chi connectivity index (χ1v) is 6.18. The van der Waals surface area contributed by atoms with Crippen LogP contribution in [0.1, 0.15) is 18.4 Å². The standard InChI is InChI=1S/C13H18ClNO/c14-12-4-1-3-11(7-12)8-13(10-16)5-2-6-15-9-13/h1,3-4,7,15-16H,2,5-6,8-10H2/t13-/m1/s1. The van der Waals surface area contributed by atoms with Crippen LogP contribution in [0.5, 0.6) is 0 Å². The van der Waals surface area contributed by atoms with E-state index in [1.54, 1.807) is 0 Å². The Morgan fingerprint density at radius 1 is 1.44 bits per heavy atom. The Hall–Kier alpha value is -0.570. The zero-order chi connectivity index (χ0) is 11.4. The normalized spacial score (nSPS) is 25.6. The molecular formula is C13H18ClNO. The van der Waals surface area contributed by atoms with Gasteiger partial charge in [-0.25, -0.2) is 0 Å². The van der Waals surface area contributed by atoms with Crippen LogP contribution in [0.25, 0.3) is 0 Å². The van der Waals surface area contributed by atoms with Gasteiger partial charge in [-0.05, 0) is 43.5 Å². The maximum atomic E-state index is 9.60. The zero-order valence-electron chi connectivity index (χ0n) is 9.38. The van der Waals surface area contributed by atoms with Gasteiger partial charge in [0.1, 0.15) is 0 Å². The monoisotopic (exact) mass is 239 g/mol. The first-order valence-electron chi connectivity index (χ1n) is 5.80. The number of halogens is 1. The van der Waals surface area contributed by atoms with Crippen molar-refractivity contribution in [3.63, 3.8) is 0 Å². The molecule has 0 radical (unpaired) electrons. The summed E-state index contributed by atoms with van der Waals surface area (Å²) in [5, 5.41) is 13.7. The summed E-state index contributed by atoms with van der Waals surface area (Å²) in [5.41, 5.74) is 1.22. The molecule has 1 aromatic carbocycles. The number of aliphatic hydroxyl groups is 1. The topological polar surface area (TPSA) is 32.3 Å². The highest BCUT2D eigenvalue weighted by Gasteiger charge is 2.31. The summed E-state index contributed by atoms with van der Waals surface area (Å²) in [6, 6.07) is 7.93. The number of nitrogens with one attached hydrogen (secondary N) is 1. The molecule has 1 aromatic rings. The smallest absolute Gasteiger partial charge is 0.0502 e. The van der Waals surface area contributed by atoms with Crippen molar-refractivity contribution in [2.45, 2.75) is 19.3 Å². The van der Waals surface area contributed by atoms with Gasteiger partial charge in [0.2, 0.25) is 0 Å². The lowest BCUT2D eigenvalue weighted by atomic mass is 9.76. The number of rotatable bonds is 3. The number of aliphatic hydroxyl groups excluding tert-OH is 1. The number of benzene rings is 1. The van der Waals surface area contributed by atoms with Crippen molar-refractivity contribution in [1.82, 2.24) is 5.32 Å². The summed E-state index contributed by atoms with van der Waals surface area (Å²) < 4.78 is 0. The SMILES string of the molecule is OC[C@@]1(Cc2cccc(Cl)c2)CCCNC1. The predicted molar refractivity (Wildman–Crippen MR) is 66.8 cm³/mol. The summed E-state index contributed by atoms with van der Waals surface area (Å²) in [4.78, 5) is 0. The van der Waals surface area contributed by atoms with Gasteiger partial charge in [0, 0.05) is 17.0 Å². The van der Waals surface area contributed by atoms with E-state index in [1.807, 2.05) is 18.2 Å². The average Bonchev–Trinajstić information content (AvgIpc) is 2.30. The highest BCUT2D eigenvalue weighted by Crippen LogP contribution is 2.30. The molecule has 2 rings (SSSR count). The van der Waals surface area contributed by atoms with E-state index in [-0.39, 0.29) is 12.0 Å². The van der Waals surface area contributed by atoms with Crippen LogP contribution in [0, 0.1) is 5.41 Å². The van der Waals surface area contributed by atoms with E-state index in [2.05, 4.69) is 11.4 Å². The number of hydrogen-bond acceptors (Lipinski definition) is 2. The number of piperidine rings is 1. The van der Waals surface area contributed by atoms with Gasteiger partial charge in [0.05, 0.1) is 6.61 Å². The first-order chi connectivity index (χ1) is 7.74. The van der Waals surface area contributed by atoms with Gasteiger partial charge >= 0.3 is 0 Å². The van der Waals surface area contributed by atoms with Gasteiger partial charge in [-0.3, -0.25) is 0 Å². The van der Waals surface area contributed by atoms with Crippen molar-refractivity contribution in [3.8, 4) is 0 Å². The molecule has 1 aliphatic rings. The largest absolute Gasteiger partial charge is 0.396 e. The highest BCUT2D eigenvalue weighted by atomic mass is 35.5. The lowest BCUT2D eigenvalue weighted by Gasteiger charge is -2.36. The van der Waals surface area contributed by atoms with Crippen LogP contribution in [0.2, 0.25) is 5.02 Å². The van der Waals surface area contributed by atoms with Crippen molar-refractivity contribution in [2.75, 3.05) is 19.7 Å². The van der Waals surface area contributed by atoms with Crippen LogP contribution >= 0.6 is 11.6 Å². The molecule has 1 heterocycles. The third-order valence-electron chi connectivity index (χ3n) is 3.36. The Labute approximate surface area is 102 Å². The van der Waals surface area contributed by atoms with Crippen LogP contribution < -0.4 is 5.32 Å². The van der Waals surface area contributed by atoms with E-state index in [0.29, 0.717) is 0 Å². The maximum absolute atomic E-state index is 9.60. The summed E-state index contributed by atoms with van der Waals surface area (Å²) in [7, 11) is 0. The first kappa shape index (κ1) is 11.9. The second-order valence-corrected chi connectivity index (χ2v) is 5.18. The molecule has 1 aliphatic heterocycles. The van der Waals surface area contributed by atoms with Crippen LogP contribution in [0.4, 0.5) is 0 Å². The molecule has 0 saturated carbocycles. The van der Waals surface area contributed by atoms with Crippen molar-refractivity contribution in [1.29, 1.82) is 0 Å². The van der Waals surface area contributed by atoms with E-state index in [0.717, 1.165) is 37.4 Å². The minimum absolute atomic E-state index is 0.00291. The van der Waals surface area contributed by atoms with E-state index in [4.69, 9.17) is 11.6 Å². The van der Waals surface area contributed by atoms with Crippen molar-refractivity contribution >= 4 is 11.6 Å². The summed E-state index contributed by atoms with van der Waals surface area (Å²) in [6.45, 7) is 2.21. The van der Waals surface area contributed by atoms with Gasteiger partial charge in [-0.15, -0.1) is 0 Å². The third-order valence-corrected chi connectivity index (χ3v) is 3.60. The molecule has 88 valence electrons. The second kappa shape index (κ2) is 5.17. The van der Waals surface area contributed by atoms with Crippen molar-refractivity contribution in [3.05, 3.63) is 34.9 Å². The molecule has 2 nitrogen and oxygen atoms in total. The van der Waals surface area contributed by atoms with Gasteiger partial charge in [0.15, 0.2) is 0 Å². The van der Waals surface area contributed by atoms with Gasteiger partial charge in [-0.1, -0.05) is 23.7 Å². The van der Waals surface area contributed by atoms with Crippen LogP contribution in [-0.4, -0.2) is 24.8 Å². The second-order valence-electron chi connectivity index (χ2n) is 4.75. The Balaban J connectivity index is 2.11. The minimum Gasteiger partial charge on any atom is -0.396 e. The third kappa shape index (κ3) is 2.76. The molecule has 2 N–H and O–H groups in total. The summed E-state index contributed by atoms with van der Waals surface area (Å²) in [5.74, 6) is 0. The van der Waals surface area contributed by atoms with E-state index in [1.165, 1.54) is 5.56 Å². The fourth-order valence-corrected chi connectivity index (χ4v) is 2.66. The molecule has 0 aliphatic carbocycles. The lowest BCUT2D eigenvalue weighted by molar-refractivity contribution is 0.0948. The molecule has 1 atom stereocenters. The molecule has 1 fully saturated rings. The van der Waals surface area contributed by atoms with E-state index in [9.17, 15) is 5.11 Å². The summed E-state index contributed by atoms with van der Waals surface area (Å²) in [6.07, 6.45) is 3.13. The average molecular weight is 240 g/mol.